The summed E-state index contributed by atoms with van der Waals surface area (Å²) < 4.78 is 22.2. The first-order valence-corrected chi connectivity index (χ1v) is 9.41. The van der Waals surface area contributed by atoms with Crippen molar-refractivity contribution in [3.8, 4) is 11.5 Å². The van der Waals surface area contributed by atoms with Gasteiger partial charge in [-0.25, -0.2) is 0 Å². The van der Waals surface area contributed by atoms with E-state index in [1.807, 2.05) is 13.0 Å². The Morgan fingerprint density at radius 3 is 2.46 bits per heavy atom. The maximum absolute atomic E-state index is 11.5. The number of methoxy groups -OCH3 is 3. The summed E-state index contributed by atoms with van der Waals surface area (Å²) >= 11 is 0. The molecule has 7 heteroatoms. The van der Waals surface area contributed by atoms with Gasteiger partial charge in [0, 0.05) is 12.5 Å². The van der Waals surface area contributed by atoms with Gasteiger partial charge in [-0.05, 0) is 36.5 Å². The van der Waals surface area contributed by atoms with Gasteiger partial charge in [0.15, 0.2) is 11.5 Å². The monoisotopic (exact) mass is 394 g/mol. The molecule has 7 nitrogen and oxygen atoms in total. The fourth-order valence-electron chi connectivity index (χ4n) is 4.92. The van der Waals surface area contributed by atoms with Crippen LogP contribution in [0.2, 0.25) is 0 Å². The Balaban J connectivity index is 2.08. The van der Waals surface area contributed by atoms with Crippen LogP contribution in [0.4, 0.5) is 0 Å². The van der Waals surface area contributed by atoms with E-state index in [4.69, 9.17) is 18.9 Å². The fourth-order valence-corrected chi connectivity index (χ4v) is 4.92. The number of fused-ring (bicyclic) bond motifs is 1. The third kappa shape index (κ3) is 2.84. The zero-order chi connectivity index (χ0) is 20.7. The lowest BCUT2D eigenvalue weighted by atomic mass is 9.58. The summed E-state index contributed by atoms with van der Waals surface area (Å²) in [7, 11) is 4.60. The molecule has 1 saturated heterocycles. The highest BCUT2D eigenvalue weighted by atomic mass is 16.7. The molecule has 1 aliphatic carbocycles. The van der Waals surface area contributed by atoms with Crippen LogP contribution in [-0.4, -0.2) is 60.7 Å². The zero-order valence-corrected chi connectivity index (χ0v) is 16.8. The third-order valence-electron chi connectivity index (χ3n) is 6.56. The minimum absolute atomic E-state index is 0.201. The van der Waals surface area contributed by atoms with Crippen LogP contribution in [0.5, 0.6) is 11.5 Å². The van der Waals surface area contributed by atoms with Crippen LogP contribution in [-0.2, 0) is 9.47 Å². The molecule has 156 valence electrons. The van der Waals surface area contributed by atoms with Crippen molar-refractivity contribution in [1.29, 1.82) is 0 Å². The first kappa shape index (κ1) is 21.1. The SMILES string of the molecule is C=CC[C@]12C[C@@H](OC)[C@H](O)[C@H](O)[C@]1(O)O[C@@H](c1ccc(OC)c(OC)c1)[C@H]2C. The number of rotatable bonds is 6. The summed E-state index contributed by atoms with van der Waals surface area (Å²) in [6, 6.07) is 5.43. The Morgan fingerprint density at radius 1 is 1.21 bits per heavy atom. The van der Waals surface area contributed by atoms with E-state index in [0.29, 0.717) is 24.3 Å². The molecule has 0 spiro atoms. The Labute approximate surface area is 165 Å². The maximum atomic E-state index is 11.5. The predicted molar refractivity (Wildman–Crippen MR) is 102 cm³/mol. The van der Waals surface area contributed by atoms with Crippen molar-refractivity contribution in [1.82, 2.24) is 0 Å². The quantitative estimate of drug-likeness (QED) is 0.633. The molecule has 3 rings (SSSR count). The highest BCUT2D eigenvalue weighted by molar-refractivity contribution is 5.44. The lowest BCUT2D eigenvalue weighted by Gasteiger charge is -2.52. The van der Waals surface area contributed by atoms with E-state index in [0.717, 1.165) is 5.56 Å². The highest BCUT2D eigenvalue weighted by Gasteiger charge is 2.71. The molecule has 1 saturated carbocycles. The second-order valence-electron chi connectivity index (χ2n) is 7.70. The normalized spacial score (nSPS) is 40.0. The standard InChI is InChI=1S/C21H30O7/c1-6-9-20-11-16(27-5)17(22)19(23)21(20,24)28-18(12(20)2)13-7-8-14(25-3)15(10-13)26-4/h6-8,10,12,16-19,22-24H,1,9,11H2,2-5H3/t12-,16-,17+,18-,19+,20-,21+/m1/s1. The minimum atomic E-state index is -1.94. The van der Waals surface area contributed by atoms with Gasteiger partial charge in [-0.15, -0.1) is 6.58 Å². The van der Waals surface area contributed by atoms with E-state index in [1.54, 1.807) is 32.4 Å². The summed E-state index contributed by atoms with van der Waals surface area (Å²) in [4.78, 5) is 0. The molecule has 1 aromatic rings. The summed E-state index contributed by atoms with van der Waals surface area (Å²) in [5.41, 5.74) is -0.0848. The summed E-state index contributed by atoms with van der Waals surface area (Å²) in [5, 5.41) is 32.7. The molecule has 7 atom stereocenters. The van der Waals surface area contributed by atoms with Gasteiger partial charge in [0.1, 0.15) is 12.2 Å². The van der Waals surface area contributed by atoms with Crippen LogP contribution in [0.3, 0.4) is 0 Å². The lowest BCUT2D eigenvalue weighted by molar-refractivity contribution is -0.336. The van der Waals surface area contributed by atoms with Crippen LogP contribution < -0.4 is 9.47 Å². The lowest BCUT2D eigenvalue weighted by Crippen LogP contribution is -2.67. The molecule has 0 unspecified atom stereocenters. The summed E-state index contributed by atoms with van der Waals surface area (Å²) in [6.45, 7) is 5.80. The van der Waals surface area contributed by atoms with E-state index < -0.39 is 35.6 Å². The van der Waals surface area contributed by atoms with Gasteiger partial charge in [0.25, 0.3) is 0 Å². The molecular weight excluding hydrogens is 364 g/mol. The third-order valence-corrected chi connectivity index (χ3v) is 6.56. The molecule has 2 aliphatic rings. The van der Waals surface area contributed by atoms with Crippen LogP contribution in [0.25, 0.3) is 0 Å². The number of hydrogen-bond acceptors (Lipinski definition) is 7. The van der Waals surface area contributed by atoms with Crippen LogP contribution in [0.1, 0.15) is 31.4 Å². The van der Waals surface area contributed by atoms with E-state index in [-0.39, 0.29) is 5.92 Å². The summed E-state index contributed by atoms with van der Waals surface area (Å²) in [6.07, 6.45) is -1.48. The number of benzene rings is 1. The van der Waals surface area contributed by atoms with Crippen molar-refractivity contribution >= 4 is 0 Å². The van der Waals surface area contributed by atoms with Gasteiger partial charge < -0.3 is 34.3 Å². The van der Waals surface area contributed by atoms with Crippen LogP contribution in [0, 0.1) is 11.3 Å². The average molecular weight is 394 g/mol. The average Bonchev–Trinajstić information content (AvgIpc) is 2.93. The van der Waals surface area contributed by atoms with E-state index in [2.05, 4.69) is 6.58 Å². The van der Waals surface area contributed by atoms with Gasteiger partial charge in [-0.1, -0.05) is 19.1 Å². The molecule has 28 heavy (non-hydrogen) atoms. The number of aliphatic hydroxyl groups is 3. The topological polar surface area (TPSA) is 97.6 Å². The predicted octanol–water partition coefficient (Wildman–Crippen LogP) is 1.80. The van der Waals surface area contributed by atoms with Gasteiger partial charge in [-0.2, -0.15) is 0 Å². The molecule has 3 N–H and O–H groups in total. The molecule has 1 heterocycles. The van der Waals surface area contributed by atoms with Gasteiger partial charge in [0.05, 0.1) is 26.4 Å². The first-order valence-electron chi connectivity index (χ1n) is 9.41. The van der Waals surface area contributed by atoms with E-state index in [9.17, 15) is 15.3 Å². The zero-order valence-electron chi connectivity index (χ0n) is 16.8. The Kier molecular flexibility index (Phi) is 5.76. The van der Waals surface area contributed by atoms with Crippen molar-refractivity contribution in [3.05, 3.63) is 36.4 Å². The molecule has 1 aliphatic heterocycles. The molecule has 2 fully saturated rings. The van der Waals surface area contributed by atoms with Crippen LogP contribution >= 0.6 is 0 Å². The van der Waals surface area contributed by atoms with Crippen molar-refractivity contribution in [2.24, 2.45) is 11.3 Å². The van der Waals surface area contributed by atoms with Crippen molar-refractivity contribution in [2.75, 3.05) is 21.3 Å². The van der Waals surface area contributed by atoms with Crippen molar-refractivity contribution in [2.45, 2.75) is 50.0 Å². The molecule has 1 aromatic carbocycles. The van der Waals surface area contributed by atoms with Crippen LogP contribution in [0.15, 0.2) is 30.9 Å². The Bertz CT molecular complexity index is 723. The minimum Gasteiger partial charge on any atom is -0.493 e. The second-order valence-corrected chi connectivity index (χ2v) is 7.70. The molecule has 0 radical (unpaired) electrons. The fraction of sp³-hybridized carbons (Fsp3) is 0.619. The van der Waals surface area contributed by atoms with Gasteiger partial charge in [0.2, 0.25) is 5.79 Å². The highest BCUT2D eigenvalue weighted by Crippen LogP contribution is 2.63. The van der Waals surface area contributed by atoms with Crippen molar-refractivity contribution < 1.29 is 34.3 Å². The number of allylic oxidation sites excluding steroid dienone is 1. The summed E-state index contributed by atoms with van der Waals surface area (Å²) in [5.74, 6) is -1.00. The number of ether oxygens (including phenoxy) is 4. The largest absolute Gasteiger partial charge is 0.493 e. The number of hydrogen-bond donors (Lipinski definition) is 3. The maximum Gasteiger partial charge on any atom is 0.201 e. The van der Waals surface area contributed by atoms with Gasteiger partial charge in [-0.3, -0.25) is 0 Å². The van der Waals surface area contributed by atoms with Crippen molar-refractivity contribution in [3.63, 3.8) is 0 Å². The second kappa shape index (κ2) is 7.65. The molecule has 0 amide bonds. The smallest absolute Gasteiger partial charge is 0.201 e. The van der Waals surface area contributed by atoms with E-state index in [1.165, 1.54) is 7.11 Å². The Morgan fingerprint density at radius 2 is 1.89 bits per heavy atom. The molecule has 0 bridgehead atoms. The molecular formula is C21H30O7. The molecule has 0 aromatic heterocycles. The Hall–Kier alpha value is -1.64. The van der Waals surface area contributed by atoms with E-state index >= 15 is 0 Å². The van der Waals surface area contributed by atoms with Gasteiger partial charge >= 0.3 is 0 Å². The first-order chi connectivity index (χ1) is 13.3. The number of aliphatic hydroxyl groups excluding tert-OH is 2.